The van der Waals surface area contributed by atoms with Gasteiger partial charge in [0.1, 0.15) is 11.8 Å². The van der Waals surface area contributed by atoms with Crippen LogP contribution in [0.1, 0.15) is 43.4 Å². The molecule has 29 heavy (non-hydrogen) atoms. The molecule has 2 amide bonds. The van der Waals surface area contributed by atoms with Gasteiger partial charge in [0.25, 0.3) is 5.91 Å². The lowest BCUT2D eigenvalue weighted by Gasteiger charge is -2.28. The molecule has 5 nitrogen and oxygen atoms in total. The van der Waals surface area contributed by atoms with Crippen molar-refractivity contribution in [1.29, 1.82) is 0 Å². The molecule has 0 bridgehead atoms. The van der Waals surface area contributed by atoms with Crippen LogP contribution >= 0.6 is 0 Å². The van der Waals surface area contributed by atoms with Crippen molar-refractivity contribution in [3.05, 3.63) is 65.2 Å². The Morgan fingerprint density at radius 3 is 2.45 bits per heavy atom. The fourth-order valence-electron chi connectivity index (χ4n) is 2.93. The number of aryl methyl sites for hydroxylation is 2. The fraction of sp³-hybridized carbons (Fsp3) is 0.417. The molecule has 2 rings (SSSR count). The van der Waals surface area contributed by atoms with Crippen molar-refractivity contribution in [2.45, 2.75) is 53.1 Å². The predicted molar refractivity (Wildman–Crippen MR) is 116 cm³/mol. The van der Waals surface area contributed by atoms with E-state index in [1.54, 1.807) is 11.8 Å². The number of hydrogen-bond acceptors (Lipinski definition) is 3. The van der Waals surface area contributed by atoms with Gasteiger partial charge in [-0.05, 0) is 56.0 Å². The van der Waals surface area contributed by atoms with Crippen molar-refractivity contribution >= 4 is 11.8 Å². The zero-order valence-corrected chi connectivity index (χ0v) is 17.9. The standard InChI is InChI=1S/C24H32N2O3/c1-5-6-14-25-24(28)20(4)26(16-21-10-8-7-9-11-21)23(27)17-29-22-13-12-18(2)19(3)15-22/h7-13,15,20H,5-6,14,16-17H2,1-4H3,(H,25,28). The summed E-state index contributed by atoms with van der Waals surface area (Å²) in [6.45, 7) is 8.74. The normalized spacial score (nSPS) is 11.6. The fourth-order valence-corrected chi connectivity index (χ4v) is 2.93. The van der Waals surface area contributed by atoms with E-state index >= 15 is 0 Å². The summed E-state index contributed by atoms with van der Waals surface area (Å²) in [6.07, 6.45) is 1.92. The van der Waals surface area contributed by atoms with Gasteiger partial charge in [-0.15, -0.1) is 0 Å². The first kappa shape index (κ1) is 22.5. The molecule has 0 radical (unpaired) electrons. The minimum Gasteiger partial charge on any atom is -0.484 e. The summed E-state index contributed by atoms with van der Waals surface area (Å²) in [5.74, 6) is 0.292. The summed E-state index contributed by atoms with van der Waals surface area (Å²) in [4.78, 5) is 27.1. The first-order valence-corrected chi connectivity index (χ1v) is 10.2. The Morgan fingerprint density at radius 2 is 1.79 bits per heavy atom. The predicted octanol–water partition coefficient (Wildman–Crippen LogP) is 4.02. The van der Waals surface area contributed by atoms with Crippen molar-refractivity contribution in [2.24, 2.45) is 0 Å². The van der Waals surface area contributed by atoms with Crippen LogP contribution < -0.4 is 10.1 Å². The molecular weight excluding hydrogens is 364 g/mol. The third-order valence-corrected chi connectivity index (χ3v) is 5.03. The second kappa shape index (κ2) is 11.2. The third-order valence-electron chi connectivity index (χ3n) is 5.03. The van der Waals surface area contributed by atoms with Crippen molar-refractivity contribution in [3.63, 3.8) is 0 Å². The molecule has 2 aromatic rings. The highest BCUT2D eigenvalue weighted by atomic mass is 16.5. The Hall–Kier alpha value is -2.82. The van der Waals surface area contributed by atoms with Crippen molar-refractivity contribution in [1.82, 2.24) is 10.2 Å². The van der Waals surface area contributed by atoms with Crippen LogP contribution in [0.2, 0.25) is 0 Å². The molecule has 0 aliphatic heterocycles. The van der Waals surface area contributed by atoms with E-state index in [2.05, 4.69) is 12.2 Å². The van der Waals surface area contributed by atoms with Crippen LogP contribution in [-0.4, -0.2) is 35.9 Å². The highest BCUT2D eigenvalue weighted by Crippen LogP contribution is 2.17. The van der Waals surface area contributed by atoms with E-state index in [0.717, 1.165) is 24.0 Å². The zero-order valence-electron chi connectivity index (χ0n) is 17.9. The average Bonchev–Trinajstić information content (AvgIpc) is 2.73. The number of carbonyl (C=O) groups excluding carboxylic acids is 2. The van der Waals surface area contributed by atoms with E-state index in [0.29, 0.717) is 18.8 Å². The van der Waals surface area contributed by atoms with Gasteiger partial charge in [-0.2, -0.15) is 0 Å². The number of hydrogen-bond donors (Lipinski definition) is 1. The second-order valence-electron chi connectivity index (χ2n) is 7.36. The smallest absolute Gasteiger partial charge is 0.261 e. The van der Waals surface area contributed by atoms with Crippen molar-refractivity contribution in [3.8, 4) is 5.75 Å². The Bertz CT molecular complexity index is 805. The Kier molecular flexibility index (Phi) is 8.71. The van der Waals surface area contributed by atoms with Gasteiger partial charge in [0, 0.05) is 13.1 Å². The highest BCUT2D eigenvalue weighted by molar-refractivity contribution is 5.87. The van der Waals surface area contributed by atoms with E-state index in [4.69, 9.17) is 4.74 Å². The van der Waals surface area contributed by atoms with Crippen LogP contribution in [0.4, 0.5) is 0 Å². The minimum absolute atomic E-state index is 0.109. The van der Waals surface area contributed by atoms with Crippen LogP contribution in [0.25, 0.3) is 0 Å². The van der Waals surface area contributed by atoms with Crippen LogP contribution in [0.5, 0.6) is 5.75 Å². The summed E-state index contributed by atoms with van der Waals surface area (Å²) in [7, 11) is 0. The second-order valence-corrected chi connectivity index (χ2v) is 7.36. The van der Waals surface area contributed by atoms with E-state index in [1.165, 1.54) is 5.56 Å². The molecule has 0 fully saturated rings. The Balaban J connectivity index is 2.08. The largest absolute Gasteiger partial charge is 0.484 e. The topological polar surface area (TPSA) is 58.6 Å². The zero-order chi connectivity index (χ0) is 21.2. The molecule has 156 valence electrons. The quantitative estimate of drug-likeness (QED) is 0.617. The van der Waals surface area contributed by atoms with Gasteiger partial charge >= 0.3 is 0 Å². The lowest BCUT2D eigenvalue weighted by molar-refractivity contribution is -0.142. The van der Waals surface area contributed by atoms with Crippen molar-refractivity contribution in [2.75, 3.05) is 13.2 Å². The maximum Gasteiger partial charge on any atom is 0.261 e. The van der Waals surface area contributed by atoms with Crippen LogP contribution in [0, 0.1) is 13.8 Å². The summed E-state index contributed by atoms with van der Waals surface area (Å²) in [6, 6.07) is 14.9. The average molecular weight is 397 g/mol. The third kappa shape index (κ3) is 6.93. The molecule has 1 atom stereocenters. The number of benzene rings is 2. The number of nitrogens with zero attached hydrogens (tertiary/aromatic N) is 1. The highest BCUT2D eigenvalue weighted by Gasteiger charge is 2.26. The molecule has 0 aliphatic carbocycles. The molecule has 0 saturated carbocycles. The lowest BCUT2D eigenvalue weighted by Crippen LogP contribution is -2.49. The molecule has 1 unspecified atom stereocenters. The Labute approximate surface area is 174 Å². The van der Waals surface area contributed by atoms with E-state index in [1.807, 2.05) is 62.4 Å². The maximum absolute atomic E-state index is 13.0. The lowest BCUT2D eigenvalue weighted by atomic mass is 10.1. The molecule has 0 aromatic heterocycles. The van der Waals surface area contributed by atoms with Crippen LogP contribution in [0.3, 0.4) is 0 Å². The molecule has 0 spiro atoms. The SMILES string of the molecule is CCCCNC(=O)C(C)N(Cc1ccccc1)C(=O)COc1ccc(C)c(C)c1. The van der Waals surface area contributed by atoms with Gasteiger partial charge < -0.3 is 15.0 Å². The molecule has 0 heterocycles. The van der Waals surface area contributed by atoms with Gasteiger partial charge in [-0.25, -0.2) is 0 Å². The maximum atomic E-state index is 13.0. The van der Waals surface area contributed by atoms with Gasteiger partial charge in [-0.1, -0.05) is 49.7 Å². The van der Waals surface area contributed by atoms with Gasteiger partial charge in [0.05, 0.1) is 0 Å². The summed E-state index contributed by atoms with van der Waals surface area (Å²) in [5.41, 5.74) is 3.26. The number of nitrogens with one attached hydrogen (secondary N) is 1. The number of rotatable bonds is 10. The van der Waals surface area contributed by atoms with Crippen LogP contribution in [-0.2, 0) is 16.1 Å². The van der Waals surface area contributed by atoms with Gasteiger partial charge in [0.2, 0.25) is 5.91 Å². The summed E-state index contributed by atoms with van der Waals surface area (Å²) in [5, 5.41) is 2.92. The van der Waals surface area contributed by atoms with Crippen molar-refractivity contribution < 1.29 is 14.3 Å². The van der Waals surface area contributed by atoms with E-state index in [9.17, 15) is 9.59 Å². The number of carbonyl (C=O) groups is 2. The summed E-state index contributed by atoms with van der Waals surface area (Å²) >= 11 is 0. The first-order valence-electron chi connectivity index (χ1n) is 10.2. The molecule has 1 N–H and O–H groups in total. The molecule has 5 heteroatoms. The number of unbranched alkanes of at least 4 members (excludes halogenated alkanes) is 1. The van der Waals surface area contributed by atoms with Gasteiger partial charge in [0.15, 0.2) is 6.61 Å². The molecule has 0 aliphatic rings. The number of amides is 2. The van der Waals surface area contributed by atoms with Gasteiger partial charge in [-0.3, -0.25) is 9.59 Å². The number of ether oxygens (including phenoxy) is 1. The van der Waals surface area contributed by atoms with E-state index in [-0.39, 0.29) is 18.4 Å². The summed E-state index contributed by atoms with van der Waals surface area (Å²) < 4.78 is 5.73. The minimum atomic E-state index is -0.581. The first-order chi connectivity index (χ1) is 13.9. The Morgan fingerprint density at radius 1 is 1.07 bits per heavy atom. The monoisotopic (exact) mass is 396 g/mol. The van der Waals surface area contributed by atoms with Crippen LogP contribution in [0.15, 0.2) is 48.5 Å². The molecular formula is C24H32N2O3. The van der Waals surface area contributed by atoms with E-state index < -0.39 is 6.04 Å². The molecule has 2 aromatic carbocycles. The molecule has 0 saturated heterocycles.